The van der Waals surface area contributed by atoms with E-state index >= 15 is 0 Å². The third kappa shape index (κ3) is 1.85. The van der Waals surface area contributed by atoms with Crippen molar-refractivity contribution >= 4 is 0 Å². The molecule has 0 aromatic carbocycles. The van der Waals surface area contributed by atoms with Crippen molar-refractivity contribution in [3.05, 3.63) is 35.5 Å². The minimum absolute atomic E-state index is 0.139. The molecule has 0 amide bonds. The van der Waals surface area contributed by atoms with E-state index in [1.54, 1.807) is 0 Å². The Bertz CT molecular complexity index is 197. The van der Waals surface area contributed by atoms with Gasteiger partial charge in [-0.3, -0.25) is 0 Å². The minimum Gasteiger partial charge on any atom is -0.392 e. The summed E-state index contributed by atoms with van der Waals surface area (Å²) in [6.07, 6.45) is 9.04. The van der Waals surface area contributed by atoms with Crippen LogP contribution in [0.2, 0.25) is 0 Å². The van der Waals surface area contributed by atoms with E-state index in [1.165, 1.54) is 5.57 Å². The Morgan fingerprint density at radius 1 is 1.50 bits per heavy atom. The molecule has 1 aliphatic rings. The third-order valence-corrected chi connectivity index (χ3v) is 1.54. The fourth-order valence-electron chi connectivity index (χ4n) is 0.874. The number of aliphatic hydroxyl groups is 1. The van der Waals surface area contributed by atoms with Crippen LogP contribution in [0, 0.1) is 0 Å². The lowest BCUT2D eigenvalue weighted by Crippen LogP contribution is -1.82. The molecule has 10 heavy (non-hydrogen) atoms. The molecule has 1 rings (SSSR count). The molecular weight excluding hydrogens is 124 g/mol. The van der Waals surface area contributed by atoms with Crippen molar-refractivity contribution < 1.29 is 5.11 Å². The molecule has 0 saturated heterocycles. The number of hydrogen-bond donors (Lipinski definition) is 1. The minimum atomic E-state index is 0.139. The summed E-state index contributed by atoms with van der Waals surface area (Å²) in [5, 5.41) is 8.75. The zero-order valence-electron chi connectivity index (χ0n) is 6.17. The highest BCUT2D eigenvalue weighted by molar-refractivity contribution is 5.30. The molecule has 0 atom stereocenters. The van der Waals surface area contributed by atoms with Crippen LogP contribution in [-0.4, -0.2) is 11.7 Å². The number of allylic oxidation sites excluding steroid dienone is 4. The first kappa shape index (κ1) is 7.29. The predicted octanol–water partition coefficient (Wildman–Crippen LogP) is 1.81. The van der Waals surface area contributed by atoms with Crippen LogP contribution in [-0.2, 0) is 0 Å². The summed E-state index contributed by atoms with van der Waals surface area (Å²) in [6, 6.07) is 0. The Labute approximate surface area is 61.4 Å². The molecule has 0 aliphatic heterocycles. The lowest BCUT2D eigenvalue weighted by atomic mass is 10.2. The molecule has 0 unspecified atom stereocenters. The fourth-order valence-corrected chi connectivity index (χ4v) is 0.874. The average Bonchev–Trinajstić information content (AvgIpc) is 2.14. The Balaban J connectivity index is 2.75. The van der Waals surface area contributed by atoms with E-state index < -0.39 is 0 Å². The van der Waals surface area contributed by atoms with Gasteiger partial charge in [0.15, 0.2) is 0 Å². The van der Waals surface area contributed by atoms with Crippen LogP contribution >= 0.6 is 0 Å². The second kappa shape index (κ2) is 3.37. The summed E-state index contributed by atoms with van der Waals surface area (Å²) in [5.74, 6) is 0. The standard InChI is InChI=1S/C9H12O/c1-8-3-2-4-9(7-10)6-5-8/h2,4-6,10H,3,7H2,1H3. The molecule has 0 spiro atoms. The van der Waals surface area contributed by atoms with E-state index in [1.807, 2.05) is 18.2 Å². The van der Waals surface area contributed by atoms with Crippen molar-refractivity contribution in [1.29, 1.82) is 0 Å². The molecule has 0 heterocycles. The van der Waals surface area contributed by atoms with Crippen molar-refractivity contribution in [1.82, 2.24) is 0 Å². The molecule has 54 valence electrons. The van der Waals surface area contributed by atoms with Crippen LogP contribution in [0.5, 0.6) is 0 Å². The molecule has 0 radical (unpaired) electrons. The van der Waals surface area contributed by atoms with Crippen molar-refractivity contribution in [2.75, 3.05) is 6.61 Å². The van der Waals surface area contributed by atoms with Crippen LogP contribution in [0.1, 0.15) is 13.3 Å². The predicted molar refractivity (Wildman–Crippen MR) is 42.7 cm³/mol. The maximum Gasteiger partial charge on any atom is 0.0681 e. The Morgan fingerprint density at radius 2 is 2.30 bits per heavy atom. The van der Waals surface area contributed by atoms with Crippen LogP contribution in [0.3, 0.4) is 0 Å². The molecular formula is C9H12O. The van der Waals surface area contributed by atoms with E-state index in [4.69, 9.17) is 5.11 Å². The Hall–Kier alpha value is -0.820. The van der Waals surface area contributed by atoms with E-state index in [0.29, 0.717) is 0 Å². The summed E-state index contributed by atoms with van der Waals surface area (Å²) in [7, 11) is 0. The zero-order valence-corrected chi connectivity index (χ0v) is 6.17. The third-order valence-electron chi connectivity index (χ3n) is 1.54. The molecule has 1 heteroatoms. The summed E-state index contributed by atoms with van der Waals surface area (Å²) in [4.78, 5) is 0. The maximum absolute atomic E-state index is 8.75. The summed E-state index contributed by atoms with van der Waals surface area (Å²) < 4.78 is 0. The quantitative estimate of drug-likeness (QED) is 0.583. The van der Waals surface area contributed by atoms with Gasteiger partial charge >= 0.3 is 0 Å². The van der Waals surface area contributed by atoms with E-state index in [0.717, 1.165) is 12.0 Å². The van der Waals surface area contributed by atoms with Gasteiger partial charge in [-0.1, -0.05) is 29.9 Å². The molecule has 0 aromatic rings. The second-order valence-corrected chi connectivity index (χ2v) is 2.52. The van der Waals surface area contributed by atoms with Crippen molar-refractivity contribution in [2.45, 2.75) is 13.3 Å². The average molecular weight is 136 g/mol. The molecule has 0 aromatic heterocycles. The van der Waals surface area contributed by atoms with Gasteiger partial charge in [0.05, 0.1) is 6.61 Å². The van der Waals surface area contributed by atoms with E-state index in [2.05, 4.69) is 13.0 Å². The smallest absolute Gasteiger partial charge is 0.0681 e. The fraction of sp³-hybridized carbons (Fsp3) is 0.333. The molecule has 0 fully saturated rings. The van der Waals surface area contributed by atoms with Gasteiger partial charge in [-0.15, -0.1) is 0 Å². The Morgan fingerprint density at radius 3 is 3.00 bits per heavy atom. The summed E-state index contributed by atoms with van der Waals surface area (Å²) in [5.41, 5.74) is 2.32. The van der Waals surface area contributed by atoms with Gasteiger partial charge in [0.2, 0.25) is 0 Å². The summed E-state index contributed by atoms with van der Waals surface area (Å²) >= 11 is 0. The maximum atomic E-state index is 8.75. The first-order valence-electron chi connectivity index (χ1n) is 3.46. The first-order valence-corrected chi connectivity index (χ1v) is 3.46. The van der Waals surface area contributed by atoms with Gasteiger partial charge < -0.3 is 5.11 Å². The molecule has 0 bridgehead atoms. The van der Waals surface area contributed by atoms with Crippen LogP contribution < -0.4 is 0 Å². The van der Waals surface area contributed by atoms with Crippen molar-refractivity contribution in [3.63, 3.8) is 0 Å². The largest absolute Gasteiger partial charge is 0.392 e. The van der Waals surface area contributed by atoms with E-state index in [-0.39, 0.29) is 6.61 Å². The van der Waals surface area contributed by atoms with Gasteiger partial charge in [0, 0.05) is 0 Å². The van der Waals surface area contributed by atoms with E-state index in [9.17, 15) is 0 Å². The molecule has 1 aliphatic carbocycles. The zero-order chi connectivity index (χ0) is 7.40. The van der Waals surface area contributed by atoms with Crippen molar-refractivity contribution in [2.24, 2.45) is 0 Å². The van der Waals surface area contributed by atoms with Gasteiger partial charge in [-0.25, -0.2) is 0 Å². The first-order chi connectivity index (χ1) is 4.83. The van der Waals surface area contributed by atoms with Crippen LogP contribution in [0.15, 0.2) is 35.5 Å². The SMILES string of the molecule is CC1=CC=C(CO)C=CC1. The number of aliphatic hydroxyl groups excluding tert-OH is 1. The lowest BCUT2D eigenvalue weighted by molar-refractivity contribution is 0.335. The molecule has 0 saturated carbocycles. The van der Waals surface area contributed by atoms with Crippen molar-refractivity contribution in [3.8, 4) is 0 Å². The topological polar surface area (TPSA) is 20.2 Å². The number of rotatable bonds is 1. The van der Waals surface area contributed by atoms with Crippen LogP contribution in [0.25, 0.3) is 0 Å². The van der Waals surface area contributed by atoms with Gasteiger partial charge in [0.1, 0.15) is 0 Å². The van der Waals surface area contributed by atoms with Gasteiger partial charge in [-0.05, 0) is 18.9 Å². The van der Waals surface area contributed by atoms with Gasteiger partial charge in [0.25, 0.3) is 0 Å². The summed E-state index contributed by atoms with van der Waals surface area (Å²) in [6.45, 7) is 2.22. The monoisotopic (exact) mass is 136 g/mol. The normalized spacial score (nSPS) is 17.8. The molecule has 1 nitrogen and oxygen atoms in total. The highest BCUT2D eigenvalue weighted by atomic mass is 16.3. The van der Waals surface area contributed by atoms with Crippen LogP contribution in [0.4, 0.5) is 0 Å². The highest BCUT2D eigenvalue weighted by Crippen LogP contribution is 2.09. The lowest BCUT2D eigenvalue weighted by Gasteiger charge is -1.89. The molecule has 1 N–H and O–H groups in total. The second-order valence-electron chi connectivity index (χ2n) is 2.52. The Kier molecular flexibility index (Phi) is 2.46. The highest BCUT2D eigenvalue weighted by Gasteiger charge is 1.92. The van der Waals surface area contributed by atoms with Gasteiger partial charge in [-0.2, -0.15) is 0 Å². The number of hydrogen-bond acceptors (Lipinski definition) is 1.